The van der Waals surface area contributed by atoms with Gasteiger partial charge < -0.3 is 10.2 Å². The Morgan fingerprint density at radius 1 is 0.842 bits per heavy atom. The molecule has 0 heterocycles. The summed E-state index contributed by atoms with van der Waals surface area (Å²) < 4.78 is 0. The average Bonchev–Trinajstić information content (AvgIpc) is 2.33. The fraction of sp³-hybridized carbons (Fsp3) is 0.867. The Kier molecular flexibility index (Phi) is 8.44. The molecule has 0 aromatic carbocycles. The van der Waals surface area contributed by atoms with E-state index in [-0.39, 0.29) is 0 Å². The van der Waals surface area contributed by atoms with E-state index in [9.17, 15) is 19.8 Å². The zero-order chi connectivity index (χ0) is 14.9. The fourth-order valence-corrected chi connectivity index (χ4v) is 2.99. The molecular weight excluding hydrogens is 244 g/mol. The van der Waals surface area contributed by atoms with Gasteiger partial charge in [-0.15, -0.1) is 0 Å². The monoisotopic (exact) mass is 272 g/mol. The third-order valence-electron chi connectivity index (χ3n) is 3.91. The number of unbranched alkanes of at least 4 members (excludes halogenated alkanes) is 2. The number of aliphatic carboxylic acids is 2. The van der Waals surface area contributed by atoms with Gasteiger partial charge in [0.1, 0.15) is 0 Å². The third kappa shape index (κ3) is 5.21. The van der Waals surface area contributed by atoms with Crippen LogP contribution in [0.2, 0.25) is 0 Å². The summed E-state index contributed by atoms with van der Waals surface area (Å²) in [5.41, 5.74) is -0.585. The lowest BCUT2D eigenvalue weighted by Gasteiger charge is -2.37. The van der Waals surface area contributed by atoms with Crippen molar-refractivity contribution in [3.8, 4) is 0 Å². The van der Waals surface area contributed by atoms with Crippen LogP contribution < -0.4 is 0 Å². The fourth-order valence-electron chi connectivity index (χ4n) is 2.99. The maximum Gasteiger partial charge on any atom is 0.318 e. The molecule has 0 bridgehead atoms. The van der Waals surface area contributed by atoms with Crippen LogP contribution in [0.3, 0.4) is 0 Å². The normalized spacial score (nSPS) is 11.8. The van der Waals surface area contributed by atoms with E-state index in [1.54, 1.807) is 0 Å². The van der Waals surface area contributed by atoms with Gasteiger partial charge in [0.2, 0.25) is 0 Å². The van der Waals surface area contributed by atoms with Crippen molar-refractivity contribution in [2.45, 2.75) is 72.1 Å². The first-order chi connectivity index (χ1) is 8.95. The number of carboxylic acids is 2. The Hall–Kier alpha value is -1.06. The lowest BCUT2D eigenvalue weighted by molar-refractivity contribution is -0.162. The standard InChI is InChI=1S/C15H28O4/c1-4-7-10-15(9-6-3,11-8-5-2)12(13(16)17)14(18)19/h12H,4-11H2,1-3H3,(H,16,17)(H,18,19). The number of carbonyl (C=O) groups is 2. The zero-order valence-electron chi connectivity index (χ0n) is 12.4. The molecule has 0 radical (unpaired) electrons. The summed E-state index contributed by atoms with van der Waals surface area (Å²) in [6, 6.07) is 0. The van der Waals surface area contributed by atoms with Crippen LogP contribution in [0.1, 0.15) is 72.1 Å². The quantitative estimate of drug-likeness (QED) is 0.559. The Morgan fingerprint density at radius 2 is 1.26 bits per heavy atom. The molecule has 0 fully saturated rings. The molecule has 4 nitrogen and oxygen atoms in total. The van der Waals surface area contributed by atoms with Crippen LogP contribution in [-0.4, -0.2) is 22.2 Å². The molecule has 0 unspecified atom stereocenters. The van der Waals surface area contributed by atoms with Gasteiger partial charge in [0, 0.05) is 0 Å². The predicted molar refractivity (Wildman–Crippen MR) is 75.2 cm³/mol. The number of hydrogen-bond donors (Lipinski definition) is 2. The molecule has 0 atom stereocenters. The molecule has 19 heavy (non-hydrogen) atoms. The van der Waals surface area contributed by atoms with Gasteiger partial charge in [0.25, 0.3) is 0 Å². The van der Waals surface area contributed by atoms with Crippen molar-refractivity contribution in [3.63, 3.8) is 0 Å². The van der Waals surface area contributed by atoms with Gasteiger partial charge in [-0.1, -0.05) is 52.9 Å². The molecule has 0 spiro atoms. The Bertz CT molecular complexity index is 264. The minimum atomic E-state index is -1.27. The highest BCUT2D eigenvalue weighted by Crippen LogP contribution is 2.43. The van der Waals surface area contributed by atoms with Gasteiger partial charge in [-0.2, -0.15) is 0 Å². The van der Waals surface area contributed by atoms with Crippen molar-refractivity contribution in [2.75, 3.05) is 0 Å². The van der Waals surface area contributed by atoms with Gasteiger partial charge in [-0.3, -0.25) is 9.59 Å². The second-order valence-corrected chi connectivity index (χ2v) is 5.43. The molecule has 0 amide bonds. The molecular formula is C15H28O4. The lowest BCUT2D eigenvalue weighted by atomic mass is 9.66. The predicted octanol–water partition coefficient (Wildman–Crippen LogP) is 3.94. The van der Waals surface area contributed by atoms with Crippen LogP contribution in [0.5, 0.6) is 0 Å². The van der Waals surface area contributed by atoms with E-state index < -0.39 is 23.3 Å². The molecule has 112 valence electrons. The highest BCUT2D eigenvalue weighted by Gasteiger charge is 2.46. The number of carboxylic acid groups (broad SMARTS) is 2. The first kappa shape index (κ1) is 17.9. The summed E-state index contributed by atoms with van der Waals surface area (Å²) in [4.78, 5) is 22.8. The van der Waals surface area contributed by atoms with E-state index in [2.05, 4.69) is 0 Å². The molecule has 0 aliphatic carbocycles. The molecule has 2 N–H and O–H groups in total. The van der Waals surface area contributed by atoms with E-state index in [0.29, 0.717) is 19.3 Å². The summed E-state index contributed by atoms with van der Waals surface area (Å²) in [7, 11) is 0. The maximum absolute atomic E-state index is 11.4. The van der Waals surface area contributed by atoms with Gasteiger partial charge in [0.15, 0.2) is 5.92 Å². The number of hydrogen-bond acceptors (Lipinski definition) is 2. The van der Waals surface area contributed by atoms with Crippen molar-refractivity contribution in [2.24, 2.45) is 11.3 Å². The molecule has 0 aliphatic rings. The van der Waals surface area contributed by atoms with Gasteiger partial charge >= 0.3 is 11.9 Å². The first-order valence-electron chi connectivity index (χ1n) is 7.40. The second-order valence-electron chi connectivity index (χ2n) is 5.43. The molecule has 0 saturated carbocycles. The Morgan fingerprint density at radius 3 is 1.53 bits per heavy atom. The van der Waals surface area contributed by atoms with Crippen molar-refractivity contribution in [3.05, 3.63) is 0 Å². The minimum absolute atomic E-state index is 0.585. The molecule has 0 saturated heterocycles. The topological polar surface area (TPSA) is 74.6 Å². The summed E-state index contributed by atoms with van der Waals surface area (Å²) >= 11 is 0. The number of rotatable bonds is 11. The lowest BCUT2D eigenvalue weighted by Crippen LogP contribution is -2.41. The van der Waals surface area contributed by atoms with E-state index in [1.165, 1.54) is 0 Å². The smallest absolute Gasteiger partial charge is 0.318 e. The minimum Gasteiger partial charge on any atom is -0.481 e. The zero-order valence-corrected chi connectivity index (χ0v) is 12.4. The van der Waals surface area contributed by atoms with Crippen LogP contribution >= 0.6 is 0 Å². The summed E-state index contributed by atoms with van der Waals surface area (Å²) in [6.07, 6.45) is 6.59. The second kappa shape index (κ2) is 8.94. The first-order valence-corrected chi connectivity index (χ1v) is 7.40. The summed E-state index contributed by atoms with van der Waals surface area (Å²) in [5.74, 6) is -3.65. The Balaban J connectivity index is 5.34. The summed E-state index contributed by atoms with van der Waals surface area (Å²) in [5, 5.41) is 18.6. The van der Waals surface area contributed by atoms with Gasteiger partial charge in [-0.05, 0) is 24.7 Å². The molecule has 0 aliphatic heterocycles. The van der Waals surface area contributed by atoms with Crippen LogP contribution in [0.25, 0.3) is 0 Å². The molecule has 0 aromatic heterocycles. The van der Waals surface area contributed by atoms with Crippen LogP contribution in [0, 0.1) is 11.3 Å². The van der Waals surface area contributed by atoms with E-state index in [0.717, 1.165) is 32.1 Å². The molecule has 0 aromatic rings. The van der Waals surface area contributed by atoms with E-state index in [1.807, 2.05) is 20.8 Å². The van der Waals surface area contributed by atoms with Crippen molar-refractivity contribution in [1.29, 1.82) is 0 Å². The van der Waals surface area contributed by atoms with Crippen molar-refractivity contribution < 1.29 is 19.8 Å². The average molecular weight is 272 g/mol. The van der Waals surface area contributed by atoms with E-state index >= 15 is 0 Å². The van der Waals surface area contributed by atoms with Gasteiger partial charge in [0.05, 0.1) is 0 Å². The SMILES string of the molecule is CCCCC(CCC)(CCCC)C(C(=O)O)C(=O)O. The van der Waals surface area contributed by atoms with Crippen LogP contribution in [0.4, 0.5) is 0 Å². The van der Waals surface area contributed by atoms with Gasteiger partial charge in [-0.25, -0.2) is 0 Å². The van der Waals surface area contributed by atoms with Crippen molar-refractivity contribution >= 4 is 11.9 Å². The highest BCUT2D eigenvalue weighted by molar-refractivity contribution is 5.93. The van der Waals surface area contributed by atoms with Crippen LogP contribution in [0.15, 0.2) is 0 Å². The third-order valence-corrected chi connectivity index (χ3v) is 3.91. The Labute approximate surface area is 116 Å². The molecule has 0 rings (SSSR count). The van der Waals surface area contributed by atoms with Crippen molar-refractivity contribution in [1.82, 2.24) is 0 Å². The molecule has 4 heteroatoms. The highest BCUT2D eigenvalue weighted by atomic mass is 16.4. The summed E-state index contributed by atoms with van der Waals surface area (Å²) in [6.45, 7) is 6.09. The maximum atomic E-state index is 11.4. The van der Waals surface area contributed by atoms with Crippen LogP contribution in [-0.2, 0) is 9.59 Å². The largest absolute Gasteiger partial charge is 0.481 e. The van der Waals surface area contributed by atoms with E-state index in [4.69, 9.17) is 0 Å².